The van der Waals surface area contributed by atoms with Crippen LogP contribution in [0.5, 0.6) is 0 Å². The third-order valence-electron chi connectivity index (χ3n) is 2.66. The Balaban J connectivity index is 2.00. The molecule has 0 amide bonds. The van der Waals surface area contributed by atoms with E-state index in [-0.39, 0.29) is 5.97 Å². The van der Waals surface area contributed by atoms with E-state index in [0.717, 1.165) is 9.75 Å². The molecular formula is C14H10O2S3. The summed E-state index contributed by atoms with van der Waals surface area (Å²) in [7, 11) is 1.41. The predicted octanol–water partition coefficient (Wildman–Crippen LogP) is 4.99. The number of hydrogen-bond donors (Lipinski definition) is 0. The molecule has 0 saturated heterocycles. The number of carbonyl (C=O) groups excluding carboxylic acids is 1. The lowest BCUT2D eigenvalue weighted by molar-refractivity contribution is 0.0602. The molecule has 0 spiro atoms. The molecule has 3 heterocycles. The van der Waals surface area contributed by atoms with Crippen molar-refractivity contribution in [3.63, 3.8) is 0 Å². The summed E-state index contributed by atoms with van der Waals surface area (Å²) in [4.78, 5) is 16.3. The molecule has 3 aromatic rings. The lowest BCUT2D eigenvalue weighted by atomic mass is 10.2. The minimum atomic E-state index is -0.276. The van der Waals surface area contributed by atoms with Crippen LogP contribution in [0.15, 0.2) is 41.1 Å². The van der Waals surface area contributed by atoms with Crippen molar-refractivity contribution in [1.82, 2.24) is 0 Å². The van der Waals surface area contributed by atoms with Crippen molar-refractivity contribution in [1.29, 1.82) is 0 Å². The first-order chi connectivity index (χ1) is 9.29. The van der Waals surface area contributed by atoms with Crippen LogP contribution in [0.3, 0.4) is 0 Å². The number of hydrogen-bond acceptors (Lipinski definition) is 5. The molecule has 0 bridgehead atoms. The van der Waals surface area contributed by atoms with E-state index in [0.29, 0.717) is 5.56 Å². The molecule has 3 rings (SSSR count). The lowest BCUT2D eigenvalue weighted by Gasteiger charge is -1.99. The van der Waals surface area contributed by atoms with Gasteiger partial charge in [-0.25, -0.2) is 4.79 Å². The number of methoxy groups -OCH3 is 1. The Morgan fingerprint density at radius 3 is 2.58 bits per heavy atom. The summed E-state index contributed by atoms with van der Waals surface area (Å²) in [6, 6.07) is 10.1. The molecule has 3 aromatic heterocycles. The molecule has 0 aliphatic carbocycles. The van der Waals surface area contributed by atoms with Crippen molar-refractivity contribution in [3.05, 3.63) is 46.7 Å². The molecule has 0 aliphatic rings. The Hall–Kier alpha value is -1.43. The largest absolute Gasteiger partial charge is 0.465 e. The first-order valence-electron chi connectivity index (χ1n) is 5.59. The van der Waals surface area contributed by atoms with Gasteiger partial charge in [0.2, 0.25) is 0 Å². The molecule has 19 heavy (non-hydrogen) atoms. The van der Waals surface area contributed by atoms with E-state index in [1.807, 2.05) is 17.5 Å². The van der Waals surface area contributed by atoms with Crippen molar-refractivity contribution in [2.75, 3.05) is 7.11 Å². The second-order valence-corrected chi connectivity index (χ2v) is 6.74. The Kier molecular flexibility index (Phi) is 3.50. The molecular weight excluding hydrogens is 296 g/mol. The summed E-state index contributed by atoms with van der Waals surface area (Å²) in [6.45, 7) is 0. The molecule has 96 valence electrons. The monoisotopic (exact) mass is 306 g/mol. The Morgan fingerprint density at radius 2 is 1.84 bits per heavy atom. The van der Waals surface area contributed by atoms with Gasteiger partial charge < -0.3 is 4.74 Å². The maximum atomic E-state index is 11.7. The Bertz CT molecular complexity index is 692. The number of ether oxygens (including phenoxy) is 1. The summed E-state index contributed by atoms with van der Waals surface area (Å²) < 4.78 is 4.81. The third-order valence-corrected chi connectivity index (χ3v) is 5.91. The maximum absolute atomic E-state index is 11.7. The van der Waals surface area contributed by atoms with Gasteiger partial charge in [-0.2, -0.15) is 0 Å². The first-order valence-corrected chi connectivity index (χ1v) is 8.17. The highest BCUT2D eigenvalue weighted by molar-refractivity contribution is 7.25. The van der Waals surface area contributed by atoms with Crippen LogP contribution in [0, 0.1) is 0 Å². The number of esters is 1. The highest BCUT2D eigenvalue weighted by Gasteiger charge is 2.16. The standard InChI is InChI=1S/C14H10O2S3/c1-16-14(15)9-6-8-18-13(9)12-5-4-11(19-12)10-3-2-7-17-10/h2-8H,1H3. The smallest absolute Gasteiger partial charge is 0.339 e. The molecule has 0 unspecified atom stereocenters. The van der Waals surface area contributed by atoms with E-state index >= 15 is 0 Å². The van der Waals surface area contributed by atoms with Gasteiger partial charge in [-0.3, -0.25) is 0 Å². The van der Waals surface area contributed by atoms with E-state index in [1.165, 1.54) is 16.9 Å². The summed E-state index contributed by atoms with van der Waals surface area (Å²) in [5.74, 6) is -0.276. The predicted molar refractivity (Wildman–Crippen MR) is 82.3 cm³/mol. The van der Waals surface area contributed by atoms with Crippen LogP contribution in [0.4, 0.5) is 0 Å². The maximum Gasteiger partial charge on any atom is 0.339 e. The minimum Gasteiger partial charge on any atom is -0.465 e. The highest BCUT2D eigenvalue weighted by atomic mass is 32.1. The van der Waals surface area contributed by atoms with Crippen LogP contribution in [0.25, 0.3) is 19.5 Å². The van der Waals surface area contributed by atoms with Crippen LogP contribution in [0.2, 0.25) is 0 Å². The fourth-order valence-electron chi connectivity index (χ4n) is 1.78. The summed E-state index contributed by atoms with van der Waals surface area (Å²) in [5, 5.41) is 3.99. The molecule has 2 nitrogen and oxygen atoms in total. The number of rotatable bonds is 3. The van der Waals surface area contributed by atoms with Crippen LogP contribution in [-0.2, 0) is 4.74 Å². The van der Waals surface area contributed by atoms with Gasteiger partial charge >= 0.3 is 5.97 Å². The molecule has 5 heteroatoms. The van der Waals surface area contributed by atoms with Crippen molar-refractivity contribution >= 4 is 40.0 Å². The van der Waals surface area contributed by atoms with Crippen LogP contribution < -0.4 is 0 Å². The van der Waals surface area contributed by atoms with E-state index in [1.54, 1.807) is 34.0 Å². The van der Waals surface area contributed by atoms with Gasteiger partial charge in [0.05, 0.1) is 17.6 Å². The molecule has 0 aliphatic heterocycles. The van der Waals surface area contributed by atoms with Crippen molar-refractivity contribution in [2.24, 2.45) is 0 Å². The highest BCUT2D eigenvalue weighted by Crippen LogP contribution is 2.39. The van der Waals surface area contributed by atoms with Gasteiger partial charge in [0.25, 0.3) is 0 Å². The molecule has 0 N–H and O–H groups in total. The zero-order valence-corrected chi connectivity index (χ0v) is 12.5. The summed E-state index contributed by atoms with van der Waals surface area (Å²) >= 11 is 5.00. The fourth-order valence-corrected chi connectivity index (χ4v) is 4.65. The van der Waals surface area contributed by atoms with Gasteiger partial charge in [0.1, 0.15) is 0 Å². The van der Waals surface area contributed by atoms with Gasteiger partial charge in [0.15, 0.2) is 0 Å². The SMILES string of the molecule is COC(=O)c1ccsc1-c1ccc(-c2cccs2)s1. The zero-order valence-electron chi connectivity index (χ0n) is 10.1. The number of thiophene rings is 3. The average molecular weight is 306 g/mol. The summed E-state index contributed by atoms with van der Waals surface area (Å²) in [6.07, 6.45) is 0. The first kappa shape index (κ1) is 12.6. The van der Waals surface area contributed by atoms with Gasteiger partial charge in [-0.05, 0) is 35.0 Å². The fraction of sp³-hybridized carbons (Fsp3) is 0.0714. The van der Waals surface area contributed by atoms with Crippen LogP contribution in [0.1, 0.15) is 10.4 Å². The van der Waals surface area contributed by atoms with Crippen molar-refractivity contribution < 1.29 is 9.53 Å². The van der Waals surface area contributed by atoms with Crippen LogP contribution in [-0.4, -0.2) is 13.1 Å². The Morgan fingerprint density at radius 1 is 1.00 bits per heavy atom. The van der Waals surface area contributed by atoms with E-state index in [9.17, 15) is 4.79 Å². The molecule has 0 fully saturated rings. The van der Waals surface area contributed by atoms with E-state index in [4.69, 9.17) is 4.74 Å². The van der Waals surface area contributed by atoms with Crippen molar-refractivity contribution in [2.45, 2.75) is 0 Å². The Labute approximate surface area is 122 Å². The normalized spacial score (nSPS) is 10.6. The van der Waals surface area contributed by atoms with E-state index < -0.39 is 0 Å². The zero-order chi connectivity index (χ0) is 13.2. The van der Waals surface area contributed by atoms with E-state index in [2.05, 4.69) is 23.6 Å². The number of carbonyl (C=O) groups is 1. The molecule has 0 radical (unpaired) electrons. The molecule has 0 atom stereocenters. The lowest BCUT2D eigenvalue weighted by Crippen LogP contribution is -2.00. The van der Waals surface area contributed by atoms with Crippen molar-refractivity contribution in [3.8, 4) is 19.5 Å². The van der Waals surface area contributed by atoms with Gasteiger partial charge in [-0.15, -0.1) is 34.0 Å². The minimum absolute atomic E-state index is 0.276. The second-order valence-electron chi connectivity index (χ2n) is 3.80. The third kappa shape index (κ3) is 2.36. The second kappa shape index (κ2) is 5.28. The molecule has 0 saturated carbocycles. The molecule has 0 aromatic carbocycles. The average Bonchev–Trinajstić information content (AvgIpc) is 3.14. The quantitative estimate of drug-likeness (QED) is 0.637. The summed E-state index contributed by atoms with van der Waals surface area (Å²) in [5.41, 5.74) is 0.645. The van der Waals surface area contributed by atoms with Gasteiger partial charge in [-0.1, -0.05) is 6.07 Å². The van der Waals surface area contributed by atoms with Gasteiger partial charge in [0, 0.05) is 14.6 Å². The van der Waals surface area contributed by atoms with Crippen LogP contribution >= 0.6 is 34.0 Å². The topological polar surface area (TPSA) is 26.3 Å².